The standard InChI is InChI=1S/C10H14O2/c1-3-4-7(2)10-8-5-6-9(10)12-11-8/h3-4,8-9H,5-6H2,1-2H3/b4-3+,10-7?/t8-,9+. The molecule has 0 N–H and O–H groups in total. The average Bonchev–Trinajstić information content (AvgIpc) is 2.62. The van der Waals surface area contributed by atoms with Crippen molar-refractivity contribution in [2.45, 2.75) is 38.9 Å². The third-order valence-electron chi connectivity index (χ3n) is 2.54. The number of fused-ring (bicyclic) bond motifs is 2. The van der Waals surface area contributed by atoms with Crippen molar-refractivity contribution in [2.75, 3.05) is 0 Å². The van der Waals surface area contributed by atoms with Crippen LogP contribution in [0.15, 0.2) is 23.3 Å². The van der Waals surface area contributed by atoms with Crippen molar-refractivity contribution in [2.24, 2.45) is 0 Å². The van der Waals surface area contributed by atoms with Crippen LogP contribution in [0.2, 0.25) is 0 Å². The van der Waals surface area contributed by atoms with Crippen molar-refractivity contribution >= 4 is 0 Å². The summed E-state index contributed by atoms with van der Waals surface area (Å²) in [6.07, 6.45) is 6.90. The lowest BCUT2D eigenvalue weighted by Gasteiger charge is -2.05. The van der Waals surface area contributed by atoms with Crippen LogP contribution in [0.1, 0.15) is 26.7 Å². The molecule has 0 aromatic carbocycles. The fourth-order valence-electron chi connectivity index (χ4n) is 2.01. The van der Waals surface area contributed by atoms with E-state index < -0.39 is 0 Å². The van der Waals surface area contributed by atoms with Crippen LogP contribution in [-0.4, -0.2) is 12.2 Å². The van der Waals surface area contributed by atoms with E-state index in [1.807, 2.05) is 6.92 Å². The first-order valence-electron chi connectivity index (χ1n) is 4.48. The predicted octanol–water partition coefficient (Wildman–Crippen LogP) is 2.37. The van der Waals surface area contributed by atoms with Gasteiger partial charge in [0.1, 0.15) is 12.2 Å². The second-order valence-corrected chi connectivity index (χ2v) is 3.39. The van der Waals surface area contributed by atoms with E-state index in [0.717, 1.165) is 12.8 Å². The minimum atomic E-state index is 0.242. The monoisotopic (exact) mass is 166 g/mol. The quantitative estimate of drug-likeness (QED) is 0.557. The molecule has 0 spiro atoms. The van der Waals surface area contributed by atoms with E-state index in [1.54, 1.807) is 0 Å². The molecule has 66 valence electrons. The molecular formula is C10H14O2. The topological polar surface area (TPSA) is 18.5 Å². The SMILES string of the molecule is C/C=C/C(C)=C1[C@@H]2CC[C@H]1OO2. The van der Waals surface area contributed by atoms with Gasteiger partial charge >= 0.3 is 0 Å². The normalized spacial score (nSPS) is 38.2. The zero-order valence-electron chi connectivity index (χ0n) is 7.54. The molecule has 1 aliphatic heterocycles. The lowest BCUT2D eigenvalue weighted by atomic mass is 10.1. The molecule has 2 bridgehead atoms. The number of rotatable bonds is 1. The van der Waals surface area contributed by atoms with E-state index in [9.17, 15) is 0 Å². The Morgan fingerprint density at radius 3 is 2.33 bits per heavy atom. The lowest BCUT2D eigenvalue weighted by Crippen LogP contribution is -2.05. The third kappa shape index (κ3) is 1.11. The molecule has 2 fully saturated rings. The van der Waals surface area contributed by atoms with Gasteiger partial charge in [0.25, 0.3) is 0 Å². The third-order valence-corrected chi connectivity index (χ3v) is 2.54. The van der Waals surface area contributed by atoms with E-state index in [-0.39, 0.29) is 12.2 Å². The second kappa shape index (κ2) is 3.04. The number of allylic oxidation sites excluding steroid dienone is 3. The summed E-state index contributed by atoms with van der Waals surface area (Å²) in [5.41, 5.74) is 2.66. The van der Waals surface area contributed by atoms with E-state index in [0.29, 0.717) is 0 Å². The van der Waals surface area contributed by atoms with Gasteiger partial charge in [-0.15, -0.1) is 0 Å². The fraction of sp³-hybridized carbons (Fsp3) is 0.600. The summed E-state index contributed by atoms with van der Waals surface area (Å²) < 4.78 is 0. The Bertz CT molecular complexity index is 218. The Hall–Kier alpha value is -0.600. The average molecular weight is 166 g/mol. The van der Waals surface area contributed by atoms with Gasteiger partial charge < -0.3 is 0 Å². The van der Waals surface area contributed by atoms with Crippen LogP contribution < -0.4 is 0 Å². The van der Waals surface area contributed by atoms with Crippen LogP contribution in [0, 0.1) is 0 Å². The Morgan fingerprint density at radius 1 is 1.33 bits per heavy atom. The van der Waals surface area contributed by atoms with Gasteiger partial charge in [-0.05, 0) is 37.8 Å². The number of hydrogen-bond acceptors (Lipinski definition) is 2. The highest BCUT2D eigenvalue weighted by atomic mass is 17.2. The van der Waals surface area contributed by atoms with Crippen LogP contribution in [0.4, 0.5) is 0 Å². The molecule has 0 aromatic rings. The summed E-state index contributed by atoms with van der Waals surface area (Å²) >= 11 is 0. The lowest BCUT2D eigenvalue weighted by molar-refractivity contribution is -0.315. The molecule has 12 heavy (non-hydrogen) atoms. The maximum absolute atomic E-state index is 5.14. The molecule has 1 heterocycles. The largest absolute Gasteiger partial charge is 0.228 e. The minimum Gasteiger partial charge on any atom is -0.228 e. The van der Waals surface area contributed by atoms with Crippen molar-refractivity contribution in [3.05, 3.63) is 23.3 Å². The second-order valence-electron chi connectivity index (χ2n) is 3.39. The Balaban J connectivity index is 2.28. The molecule has 2 rings (SSSR count). The van der Waals surface area contributed by atoms with Crippen molar-refractivity contribution in [1.82, 2.24) is 0 Å². The molecule has 2 heteroatoms. The summed E-state index contributed by atoms with van der Waals surface area (Å²) in [7, 11) is 0. The summed E-state index contributed by atoms with van der Waals surface area (Å²) in [5, 5.41) is 0. The summed E-state index contributed by atoms with van der Waals surface area (Å²) in [4.78, 5) is 10.3. The van der Waals surface area contributed by atoms with Crippen LogP contribution in [0.3, 0.4) is 0 Å². The highest BCUT2D eigenvalue weighted by Gasteiger charge is 2.40. The molecule has 0 radical (unpaired) electrons. The highest BCUT2D eigenvalue weighted by Crippen LogP contribution is 2.39. The van der Waals surface area contributed by atoms with Gasteiger partial charge in [-0.2, -0.15) is 0 Å². The molecule has 0 unspecified atom stereocenters. The fourth-order valence-corrected chi connectivity index (χ4v) is 2.01. The maximum atomic E-state index is 5.14. The first-order chi connectivity index (χ1) is 5.83. The molecule has 2 nitrogen and oxygen atoms in total. The Kier molecular flexibility index (Phi) is 2.03. The van der Waals surface area contributed by atoms with E-state index >= 15 is 0 Å². The van der Waals surface area contributed by atoms with Crippen LogP contribution in [0.25, 0.3) is 0 Å². The van der Waals surface area contributed by atoms with E-state index in [4.69, 9.17) is 9.78 Å². The first-order valence-corrected chi connectivity index (χ1v) is 4.48. The Morgan fingerprint density at radius 2 is 1.92 bits per heavy atom. The molecule has 1 saturated carbocycles. The van der Waals surface area contributed by atoms with Crippen molar-refractivity contribution in [3.8, 4) is 0 Å². The summed E-state index contributed by atoms with van der Waals surface area (Å²) in [6.45, 7) is 4.15. The Labute approximate surface area is 72.8 Å². The van der Waals surface area contributed by atoms with Gasteiger partial charge in [-0.1, -0.05) is 12.2 Å². The molecular weight excluding hydrogens is 152 g/mol. The predicted molar refractivity (Wildman–Crippen MR) is 46.5 cm³/mol. The van der Waals surface area contributed by atoms with Crippen molar-refractivity contribution < 1.29 is 9.78 Å². The highest BCUT2D eigenvalue weighted by molar-refractivity contribution is 5.33. The van der Waals surface area contributed by atoms with Crippen LogP contribution in [0.5, 0.6) is 0 Å². The van der Waals surface area contributed by atoms with E-state index in [2.05, 4.69) is 19.1 Å². The van der Waals surface area contributed by atoms with Crippen molar-refractivity contribution in [1.29, 1.82) is 0 Å². The van der Waals surface area contributed by atoms with Gasteiger partial charge in [-0.3, -0.25) is 0 Å². The van der Waals surface area contributed by atoms with Crippen LogP contribution >= 0.6 is 0 Å². The minimum absolute atomic E-state index is 0.242. The van der Waals surface area contributed by atoms with Gasteiger partial charge in [0.15, 0.2) is 0 Å². The molecule has 2 aliphatic rings. The molecule has 0 aromatic heterocycles. The number of hydrogen-bond donors (Lipinski definition) is 0. The molecule has 0 amide bonds. The maximum Gasteiger partial charge on any atom is 0.117 e. The molecule has 1 aliphatic carbocycles. The van der Waals surface area contributed by atoms with Gasteiger partial charge in [0, 0.05) is 0 Å². The molecule has 2 atom stereocenters. The smallest absolute Gasteiger partial charge is 0.117 e. The zero-order chi connectivity index (χ0) is 8.55. The zero-order valence-corrected chi connectivity index (χ0v) is 7.54. The first kappa shape index (κ1) is 8.02. The van der Waals surface area contributed by atoms with Gasteiger partial charge in [0.2, 0.25) is 0 Å². The van der Waals surface area contributed by atoms with Gasteiger partial charge in [0.05, 0.1) is 0 Å². The van der Waals surface area contributed by atoms with Crippen LogP contribution in [-0.2, 0) is 9.78 Å². The summed E-state index contributed by atoms with van der Waals surface area (Å²) in [6, 6.07) is 0. The summed E-state index contributed by atoms with van der Waals surface area (Å²) in [5.74, 6) is 0. The van der Waals surface area contributed by atoms with Gasteiger partial charge in [-0.25, -0.2) is 9.78 Å². The van der Waals surface area contributed by atoms with Crippen molar-refractivity contribution in [3.63, 3.8) is 0 Å². The molecule has 1 saturated heterocycles. The van der Waals surface area contributed by atoms with E-state index in [1.165, 1.54) is 11.1 Å².